The van der Waals surface area contributed by atoms with Crippen LogP contribution >= 0.6 is 0 Å². The molecule has 3 aromatic carbocycles. The second kappa shape index (κ2) is 12.3. The number of amidine groups is 1. The Morgan fingerprint density at radius 3 is 2.34 bits per heavy atom. The van der Waals surface area contributed by atoms with Crippen molar-refractivity contribution in [2.45, 2.75) is 39.5 Å². The lowest BCUT2D eigenvalue weighted by Crippen LogP contribution is -2.27. The fourth-order valence-electron chi connectivity index (χ4n) is 4.74. The molecular weight excluding hydrogens is 586 g/mol. The van der Waals surface area contributed by atoms with Crippen LogP contribution in [0.2, 0.25) is 0 Å². The van der Waals surface area contributed by atoms with Crippen LogP contribution in [0.4, 0.5) is 45.1 Å². The Morgan fingerprint density at radius 1 is 1.07 bits per heavy atom. The minimum absolute atomic E-state index is 0.0636. The third-order valence-electron chi connectivity index (χ3n) is 6.76. The molecule has 1 aliphatic heterocycles. The Balaban J connectivity index is 1.67. The first-order valence-electron chi connectivity index (χ1n) is 13.4. The van der Waals surface area contributed by atoms with Crippen molar-refractivity contribution in [3.8, 4) is 11.5 Å². The molecule has 2 amide bonds. The molecule has 0 saturated heterocycles. The molecule has 4 rings (SSSR count). The van der Waals surface area contributed by atoms with E-state index >= 15 is 4.39 Å². The standard InChI is InChI=1S/C30H31F4N5O5/c1-16(2)26(35)38-44-27(40)23-19(31)14-22(42-5)25-24(23)29(3,4)15-39(25)21-9-7-6-8-20(21)37-28(41)36-17-10-12-18(13-11-17)43-30(32,33)34/h6-14,16H,15H2,1-5H3,(H2,35,38)(H2,36,37,41). The molecular formula is C30H31F4N5O5. The van der Waals surface area contributed by atoms with Gasteiger partial charge in [0, 0.05) is 35.2 Å². The highest BCUT2D eigenvalue weighted by Gasteiger charge is 2.44. The molecule has 0 bridgehead atoms. The zero-order chi connectivity index (χ0) is 32.4. The van der Waals surface area contributed by atoms with Gasteiger partial charge in [-0.05, 0) is 36.4 Å². The van der Waals surface area contributed by atoms with E-state index in [2.05, 4.69) is 20.5 Å². The second-order valence-corrected chi connectivity index (χ2v) is 10.8. The smallest absolute Gasteiger partial charge is 0.494 e. The number of carbonyl (C=O) groups is 2. The minimum atomic E-state index is -4.84. The van der Waals surface area contributed by atoms with Crippen LogP contribution in [0.1, 0.15) is 43.6 Å². The van der Waals surface area contributed by atoms with Crippen LogP contribution in [0, 0.1) is 11.7 Å². The number of carbonyl (C=O) groups excluding carboxylic acids is 2. The topological polar surface area (TPSA) is 128 Å². The van der Waals surface area contributed by atoms with Gasteiger partial charge in [-0.3, -0.25) is 0 Å². The van der Waals surface area contributed by atoms with E-state index in [4.69, 9.17) is 15.3 Å². The van der Waals surface area contributed by atoms with Gasteiger partial charge in [0.1, 0.15) is 28.7 Å². The number of ether oxygens (including phenoxy) is 2. The quantitative estimate of drug-likeness (QED) is 0.0826. The van der Waals surface area contributed by atoms with Crippen LogP contribution in [0.3, 0.4) is 0 Å². The summed E-state index contributed by atoms with van der Waals surface area (Å²) in [4.78, 5) is 32.9. The van der Waals surface area contributed by atoms with E-state index in [1.54, 1.807) is 43.0 Å². The number of amides is 2. The number of nitrogens with zero attached hydrogens (tertiary/aromatic N) is 2. The highest BCUT2D eigenvalue weighted by atomic mass is 19.4. The summed E-state index contributed by atoms with van der Waals surface area (Å²) < 4.78 is 62.2. The zero-order valence-electron chi connectivity index (χ0n) is 24.5. The van der Waals surface area contributed by atoms with E-state index < -0.39 is 35.3 Å². The Hall–Kier alpha value is -5.01. The number of urea groups is 1. The summed E-state index contributed by atoms with van der Waals surface area (Å²) in [7, 11) is 1.37. The van der Waals surface area contributed by atoms with E-state index in [0.29, 0.717) is 22.6 Å². The molecule has 4 N–H and O–H groups in total. The fraction of sp³-hybridized carbons (Fsp3) is 0.300. The maximum absolute atomic E-state index is 15.5. The maximum Gasteiger partial charge on any atom is 0.573 e. The summed E-state index contributed by atoms with van der Waals surface area (Å²) >= 11 is 0. The lowest BCUT2D eigenvalue weighted by atomic mass is 9.83. The predicted molar refractivity (Wildman–Crippen MR) is 157 cm³/mol. The van der Waals surface area contributed by atoms with Gasteiger partial charge >= 0.3 is 18.4 Å². The first kappa shape index (κ1) is 31.9. The normalized spacial score (nSPS) is 14.2. The van der Waals surface area contributed by atoms with Crippen molar-refractivity contribution < 1.29 is 41.5 Å². The number of halogens is 4. The number of hydrogen-bond donors (Lipinski definition) is 3. The molecule has 1 heterocycles. The third-order valence-corrected chi connectivity index (χ3v) is 6.76. The molecule has 0 radical (unpaired) electrons. The van der Waals surface area contributed by atoms with Gasteiger partial charge in [-0.2, -0.15) is 0 Å². The van der Waals surface area contributed by atoms with Gasteiger partial charge in [-0.1, -0.05) is 45.0 Å². The van der Waals surface area contributed by atoms with E-state index in [0.717, 1.165) is 18.2 Å². The van der Waals surface area contributed by atoms with Crippen molar-refractivity contribution in [1.29, 1.82) is 0 Å². The summed E-state index contributed by atoms with van der Waals surface area (Å²) in [6.07, 6.45) is -4.84. The van der Waals surface area contributed by atoms with Crippen LogP contribution < -0.4 is 30.7 Å². The first-order chi connectivity index (χ1) is 20.6. The van der Waals surface area contributed by atoms with Crippen LogP contribution in [-0.4, -0.2) is 37.9 Å². The van der Waals surface area contributed by atoms with Crippen molar-refractivity contribution in [2.75, 3.05) is 29.2 Å². The number of para-hydroxylation sites is 2. The van der Waals surface area contributed by atoms with Crippen molar-refractivity contribution in [2.24, 2.45) is 16.8 Å². The van der Waals surface area contributed by atoms with Crippen LogP contribution in [0.25, 0.3) is 0 Å². The number of methoxy groups -OCH3 is 1. The minimum Gasteiger partial charge on any atom is -0.494 e. The molecule has 1 aliphatic rings. The molecule has 44 heavy (non-hydrogen) atoms. The zero-order valence-corrected chi connectivity index (χ0v) is 24.5. The summed E-state index contributed by atoms with van der Waals surface area (Å²) in [6.45, 7) is 7.41. The summed E-state index contributed by atoms with van der Waals surface area (Å²) in [5, 5.41) is 8.95. The number of nitrogens with one attached hydrogen (secondary N) is 2. The van der Waals surface area contributed by atoms with Gasteiger partial charge < -0.3 is 35.6 Å². The maximum atomic E-state index is 15.5. The number of fused-ring (bicyclic) bond motifs is 1. The highest BCUT2D eigenvalue weighted by Crippen LogP contribution is 2.52. The van der Waals surface area contributed by atoms with Crippen LogP contribution in [-0.2, 0) is 10.3 Å². The molecule has 0 fully saturated rings. The molecule has 3 aromatic rings. The van der Waals surface area contributed by atoms with Crippen LogP contribution in [0.5, 0.6) is 11.5 Å². The molecule has 10 nitrogen and oxygen atoms in total. The van der Waals surface area contributed by atoms with Crippen LogP contribution in [0.15, 0.2) is 59.8 Å². The number of hydrogen-bond acceptors (Lipinski definition) is 7. The van der Waals surface area contributed by atoms with E-state index in [-0.39, 0.29) is 35.3 Å². The molecule has 0 atom stereocenters. The molecule has 0 spiro atoms. The molecule has 234 valence electrons. The number of anilines is 4. The van der Waals surface area contributed by atoms with E-state index in [1.165, 1.54) is 19.2 Å². The van der Waals surface area contributed by atoms with Gasteiger partial charge in [0.05, 0.1) is 24.2 Å². The molecule has 0 aromatic heterocycles. The average molecular weight is 618 g/mol. The number of rotatable bonds is 8. The van der Waals surface area contributed by atoms with Crippen molar-refractivity contribution in [3.05, 3.63) is 71.5 Å². The SMILES string of the molecule is COc1cc(F)c(C(=O)O/N=C(/N)C(C)C)c2c1N(c1ccccc1NC(=O)Nc1ccc(OC(F)(F)F)cc1)CC2(C)C. The number of oxime groups is 1. The molecule has 14 heteroatoms. The van der Waals surface area contributed by atoms with Gasteiger partial charge in [0.25, 0.3) is 0 Å². The number of nitrogens with two attached hydrogens (primary N) is 1. The Kier molecular flexibility index (Phi) is 8.93. The van der Waals surface area contributed by atoms with Crippen molar-refractivity contribution in [3.63, 3.8) is 0 Å². The molecule has 0 unspecified atom stereocenters. The van der Waals surface area contributed by atoms with E-state index in [1.807, 2.05) is 13.8 Å². The lowest BCUT2D eigenvalue weighted by Gasteiger charge is -2.25. The summed E-state index contributed by atoms with van der Waals surface area (Å²) in [5.74, 6) is -2.33. The van der Waals surface area contributed by atoms with Gasteiger partial charge in [0.15, 0.2) is 0 Å². The van der Waals surface area contributed by atoms with Gasteiger partial charge in [0.2, 0.25) is 0 Å². The molecule has 0 aliphatic carbocycles. The van der Waals surface area contributed by atoms with E-state index in [9.17, 15) is 22.8 Å². The summed E-state index contributed by atoms with van der Waals surface area (Å²) in [6, 6.07) is 11.8. The molecule has 0 saturated carbocycles. The number of benzene rings is 3. The Bertz CT molecular complexity index is 1590. The second-order valence-electron chi connectivity index (χ2n) is 10.8. The highest BCUT2D eigenvalue weighted by molar-refractivity contribution is 6.03. The van der Waals surface area contributed by atoms with Gasteiger partial charge in [-0.25, -0.2) is 14.0 Å². The Morgan fingerprint density at radius 2 is 1.73 bits per heavy atom. The summed E-state index contributed by atoms with van der Waals surface area (Å²) in [5.41, 5.74) is 6.40. The average Bonchev–Trinajstić information content (AvgIpc) is 3.22. The first-order valence-corrected chi connectivity index (χ1v) is 13.4. The fourth-order valence-corrected chi connectivity index (χ4v) is 4.74. The monoisotopic (exact) mass is 617 g/mol. The van der Waals surface area contributed by atoms with Crippen molar-refractivity contribution >= 4 is 40.6 Å². The number of alkyl halides is 3. The third kappa shape index (κ3) is 6.96. The lowest BCUT2D eigenvalue weighted by molar-refractivity contribution is -0.274. The van der Waals surface area contributed by atoms with Crippen molar-refractivity contribution in [1.82, 2.24) is 0 Å². The Labute approximate surface area is 250 Å². The largest absolute Gasteiger partial charge is 0.573 e. The van der Waals surface area contributed by atoms with Gasteiger partial charge in [-0.15, -0.1) is 13.2 Å². The predicted octanol–water partition coefficient (Wildman–Crippen LogP) is 6.89.